The first-order valence-corrected chi connectivity index (χ1v) is 46.5. The SMILES string of the molecule is C.CCO.CCOC(=O)CC(C(C)=O)C(=O)OC.COC(=O)Cc1c(C)[nH]c(=S)[nH]c1=O.COC(=O)Cc1c(C)nc(C2CC2)nc1N1CCC(c2ccccc2OC)CC1.COC(=O)Cc1c(C)nc(Cl)nc1Cl.COC(=O)Cc1c(C)nc(Cl)nc1N1CCC(c2ccccc2OC)CC1.C[O-].Cc1[nH]c(=S)[nH]c(=O)c1OC(=O)O.NC(N)=S.O=P(Cl)(Cl)Cl.OB(O)C1CC1.[Na+]. The number of nitrogens with zero attached hydrogens (tertiary/aromatic N) is 8. The number of hydrogen-bond acceptors (Lipinski definition) is 35. The third-order valence-electron chi connectivity index (χ3n) is 18.6. The van der Waals surface area contributed by atoms with E-state index >= 15 is 0 Å². The number of thiocarbonyl (C=S) groups is 1. The molecule has 2 aliphatic heterocycles. The molecule has 0 bridgehead atoms. The number of nitrogens with one attached hydrogen (secondary N) is 4. The van der Waals surface area contributed by atoms with Gasteiger partial charge in [-0.1, -0.05) is 68.3 Å². The second-order valence-corrected chi connectivity index (χ2v) is 36.8. The Balaban J connectivity index is 0. The van der Waals surface area contributed by atoms with E-state index in [1.165, 1.54) is 60.5 Å². The molecule has 2 saturated heterocycles. The molecule has 7 heterocycles. The van der Waals surface area contributed by atoms with Crippen LogP contribution in [-0.4, -0.2) is 226 Å². The zero-order chi connectivity index (χ0) is 99.7. The van der Waals surface area contributed by atoms with Gasteiger partial charge < -0.3 is 99.2 Å². The standard InChI is InChI=1S/C23H29N3O3.C20H24ClN3O3.C9H14O5.C8H8Cl2N2O2.C8H10N2O3S.C6H6N2O4S.C3H7BO2.C2H6O.CH4N2S.CH3O.CH4.Cl3OP.Na/c1-15-19(14-21(27)29-3)23(25-22(24-15)17-8-9-17)26-12-10-16(11-13-26)18-6-4-5-7-20(18)28-2;1-13-16(12-18(25)27-3)19(23-20(21)22-13)24-10-8-14(9-11-24)15-6-4-5-7-17(15)26-2;1-4-14-8(11)5-7(6(2)10)9(12)13-3;1-4-5(3-6(13)14-2)7(9)12-8(10)11-4;1-4-5(3-6(11)13-2)7(12)10-8(14)9-4;1-2-3(12-6(10)11)4(9)8-5(13)7-2;5-4(6)3-1-2-3;1-2-3;2-1(3)4;1-2;;1-5(2,3)4;/h4-7,16-17H,8-14H2,1-3H3;4-7,14H,8-12H2,1-3H3;7H,4-5H2,1-3H3;3H2,1-2H3;3H2,1-2H3,(H2,9,10,12,14);1H3,(H,10,11)(H2,7,8,9,13);3,5-6H,1-2H2;3H,2H2,1H3;(H4,2,3,4);1H3;1H4;;/q;;;;;;;;;-1;;;+1. The second kappa shape index (κ2) is 66.8. The van der Waals surface area contributed by atoms with Crippen LogP contribution in [0.15, 0.2) is 58.1 Å². The first-order chi connectivity index (χ1) is 61.7. The van der Waals surface area contributed by atoms with Crippen molar-refractivity contribution in [1.82, 2.24) is 49.8 Å². The number of nitrogens with two attached hydrogens (primary N) is 2. The van der Waals surface area contributed by atoms with Crippen LogP contribution in [0.4, 0.5) is 16.4 Å². The monoisotopic (exact) mass is 2070 g/mol. The minimum atomic E-state index is -3.22. The van der Waals surface area contributed by atoms with E-state index in [1.54, 1.807) is 41.9 Å². The van der Waals surface area contributed by atoms with Crippen molar-refractivity contribution in [1.29, 1.82) is 0 Å². The van der Waals surface area contributed by atoms with Gasteiger partial charge in [0.1, 0.15) is 45.8 Å². The molecule has 4 aliphatic rings. The third-order valence-corrected chi connectivity index (χ3v) is 19.7. The molecule has 133 heavy (non-hydrogen) atoms. The average Bonchev–Trinajstić information content (AvgIpc) is 1.74. The molecule has 732 valence electrons. The zero-order valence-corrected chi connectivity index (χ0v) is 85.9. The minimum Gasteiger partial charge on any atom is -0.857 e. The number of ether oxygens (including phenoxy) is 9. The van der Waals surface area contributed by atoms with Crippen LogP contribution < -0.4 is 81.3 Å². The molecule has 2 aromatic carbocycles. The number of carbonyl (C=O) groups is 8. The quantitative estimate of drug-likeness (QED) is 0.00442. The summed E-state index contributed by atoms with van der Waals surface area (Å²) in [6, 6.07) is 16.5. The second-order valence-electron chi connectivity index (χ2n) is 27.8. The van der Waals surface area contributed by atoms with Gasteiger partial charge in [-0.25, -0.2) is 34.7 Å². The molecule has 5 aromatic heterocycles. The van der Waals surface area contributed by atoms with Crippen molar-refractivity contribution in [2.75, 3.05) is 106 Å². The first kappa shape index (κ1) is 126. The van der Waals surface area contributed by atoms with Crippen LogP contribution >= 0.6 is 110 Å². The van der Waals surface area contributed by atoms with E-state index in [9.17, 15) is 52.5 Å². The average molecular weight is 2070 g/mol. The minimum absolute atomic E-state index is 0. The number of hydrogen-bond donors (Lipinski definition) is 10. The number of Topliss-reactive ketones (excluding diaryl/α,β-unsaturated/α-hetero) is 1. The van der Waals surface area contributed by atoms with Gasteiger partial charge in [0.05, 0.1) is 94.2 Å². The number of carboxylic acid groups (broad SMARTS) is 1. The Bertz CT molecular complexity index is 5170. The van der Waals surface area contributed by atoms with Gasteiger partial charge in [-0.3, -0.25) is 57.7 Å². The van der Waals surface area contributed by atoms with Crippen LogP contribution in [-0.2, 0) is 92.2 Å². The summed E-state index contributed by atoms with van der Waals surface area (Å²) in [6.07, 6.45) is 6.87. The van der Waals surface area contributed by atoms with Gasteiger partial charge >= 0.3 is 83.8 Å². The molecule has 4 fully saturated rings. The molecule has 11 rings (SSSR count). The molecule has 39 nitrogen and oxygen atoms in total. The molecule has 51 heteroatoms. The summed E-state index contributed by atoms with van der Waals surface area (Å²) in [5, 5.41) is 37.8. The number of aliphatic hydroxyl groups is 1. The fourth-order valence-electron chi connectivity index (χ4n) is 12.0. The van der Waals surface area contributed by atoms with Gasteiger partial charge in [0.15, 0.2) is 14.7 Å². The van der Waals surface area contributed by atoms with Crippen LogP contribution in [0.1, 0.15) is 171 Å². The fourth-order valence-corrected chi connectivity index (χ4v) is 13.2. The molecule has 2 saturated carbocycles. The maximum absolute atomic E-state index is 12.0. The fraction of sp³-hybridized carbons (Fsp3) is 0.500. The normalized spacial score (nSPS) is 12.8. The molecule has 0 spiro atoms. The van der Waals surface area contributed by atoms with E-state index in [2.05, 4.69) is 161 Å². The number of aryl methyl sites for hydroxylation is 5. The molecule has 7 aromatic rings. The van der Waals surface area contributed by atoms with E-state index in [-0.39, 0.29) is 153 Å². The van der Waals surface area contributed by atoms with E-state index in [4.69, 9.17) is 101 Å². The molecule has 12 N–H and O–H groups in total. The number of carbonyl (C=O) groups excluding carboxylic acids is 7. The van der Waals surface area contributed by atoms with E-state index in [0.29, 0.717) is 46.0 Å². The van der Waals surface area contributed by atoms with Gasteiger partial charge in [-0.05, 0) is 228 Å². The maximum Gasteiger partial charge on any atom is 1.00 e. The van der Waals surface area contributed by atoms with Crippen molar-refractivity contribution < 1.29 is 140 Å². The number of esters is 6. The van der Waals surface area contributed by atoms with Crippen molar-refractivity contribution >= 4 is 182 Å². The molecular weight excluding hydrogens is 1950 g/mol. The predicted octanol–water partition coefficient (Wildman–Crippen LogP) is 8.93. The van der Waals surface area contributed by atoms with Crippen molar-refractivity contribution in [3.8, 4) is 17.2 Å². The first-order valence-electron chi connectivity index (χ1n) is 39.7. The number of para-hydroxylation sites is 2. The predicted molar refractivity (Wildman–Crippen MR) is 509 cm³/mol. The van der Waals surface area contributed by atoms with Crippen molar-refractivity contribution in [3.63, 3.8) is 0 Å². The Morgan fingerprint density at radius 1 is 0.564 bits per heavy atom. The number of ketones is 1. The van der Waals surface area contributed by atoms with Crippen LogP contribution in [0, 0.1) is 50.1 Å². The van der Waals surface area contributed by atoms with E-state index < -0.39 is 53.6 Å². The smallest absolute Gasteiger partial charge is 0.857 e. The van der Waals surface area contributed by atoms with Gasteiger partial charge in [0.2, 0.25) is 16.3 Å². The number of benzene rings is 2. The molecule has 0 amide bonds. The topological polar surface area (TPSA) is 574 Å². The number of anilines is 2. The summed E-state index contributed by atoms with van der Waals surface area (Å²) < 4.78 is 52.9. The van der Waals surface area contributed by atoms with Crippen LogP contribution in [0.3, 0.4) is 0 Å². The summed E-state index contributed by atoms with van der Waals surface area (Å²) in [7, 11) is 9.71. The van der Waals surface area contributed by atoms with Gasteiger partial charge in [-0.15, -0.1) is 0 Å². The molecule has 1 atom stereocenters. The van der Waals surface area contributed by atoms with E-state index in [1.807, 2.05) is 44.2 Å². The summed E-state index contributed by atoms with van der Waals surface area (Å²) in [6.45, 7) is 17.2. The van der Waals surface area contributed by atoms with Gasteiger partial charge in [0, 0.05) is 83.7 Å². The molecule has 0 radical (unpaired) electrons. The summed E-state index contributed by atoms with van der Waals surface area (Å²) in [5.41, 5.74) is 16.4. The summed E-state index contributed by atoms with van der Waals surface area (Å²) in [4.78, 5) is 152. The summed E-state index contributed by atoms with van der Waals surface area (Å²) in [5.74, 6) is 1.66. The Kier molecular flexibility index (Phi) is 63.5. The van der Waals surface area contributed by atoms with Crippen molar-refractivity contribution in [2.24, 2.45) is 17.4 Å². The molecular formula is C82H115BCl6N14NaO25PS3. The Morgan fingerprint density at radius 2 is 0.932 bits per heavy atom. The van der Waals surface area contributed by atoms with Crippen molar-refractivity contribution in [2.45, 2.75) is 170 Å². The summed E-state index contributed by atoms with van der Waals surface area (Å²) >= 11 is 44.8. The number of aliphatic hydroxyl groups excluding tert-OH is 1. The van der Waals surface area contributed by atoms with Crippen LogP contribution in [0.25, 0.3) is 0 Å². The number of H-pyrrole nitrogens is 4. The van der Waals surface area contributed by atoms with Crippen molar-refractivity contribution in [3.05, 3.63) is 162 Å². The van der Waals surface area contributed by atoms with Gasteiger partial charge in [-0.2, -0.15) is 7.11 Å². The third kappa shape index (κ3) is 49.1. The number of piperidine rings is 2. The Labute approximate surface area is 838 Å². The van der Waals surface area contributed by atoms with Gasteiger partial charge in [0.25, 0.3) is 11.1 Å². The number of rotatable bonds is 22. The van der Waals surface area contributed by atoms with Crippen LogP contribution in [0.5, 0.6) is 17.2 Å². The van der Waals surface area contributed by atoms with Crippen LogP contribution in [0.2, 0.25) is 21.5 Å². The number of aromatic amines is 4. The molecule has 1 unspecified atom stereocenters. The Morgan fingerprint density at radius 3 is 1.27 bits per heavy atom. The molecule has 2 aliphatic carbocycles. The zero-order valence-electron chi connectivity index (χ0n) is 76.1. The maximum atomic E-state index is 12.0. The number of methoxy groups -OCH3 is 7. The number of halogens is 6. The number of aromatic nitrogens is 10. The van der Waals surface area contributed by atoms with E-state index in [0.717, 1.165) is 130 Å². The largest absolute Gasteiger partial charge is 1.00 e. The Hall–Kier alpha value is -8.60.